The number of ether oxygens (including phenoxy) is 1. The van der Waals surface area contributed by atoms with Gasteiger partial charge in [0.2, 0.25) is 11.6 Å². The summed E-state index contributed by atoms with van der Waals surface area (Å²) in [5.41, 5.74) is 4.88. The van der Waals surface area contributed by atoms with Gasteiger partial charge in [0.05, 0.1) is 6.21 Å². The van der Waals surface area contributed by atoms with Crippen molar-refractivity contribution in [1.82, 2.24) is 4.98 Å². The van der Waals surface area contributed by atoms with Crippen molar-refractivity contribution in [2.75, 3.05) is 5.43 Å². The minimum atomic E-state index is -0.109. The topological polar surface area (TPSA) is 83.4 Å². The number of nitrogens with zero attached hydrogens (tertiary/aromatic N) is 3. The van der Waals surface area contributed by atoms with Crippen molar-refractivity contribution in [3.8, 4) is 11.8 Å². The molecule has 122 valence electrons. The molecule has 0 saturated heterocycles. The van der Waals surface area contributed by atoms with E-state index in [0.717, 1.165) is 16.9 Å². The van der Waals surface area contributed by atoms with Crippen LogP contribution in [0.5, 0.6) is 5.75 Å². The second-order valence-corrected chi connectivity index (χ2v) is 5.81. The maximum Gasteiger partial charge on any atom is 0.252 e. The lowest BCUT2D eigenvalue weighted by molar-refractivity contribution is 0.260. The summed E-state index contributed by atoms with van der Waals surface area (Å²) in [7, 11) is 0. The van der Waals surface area contributed by atoms with Gasteiger partial charge in [-0.1, -0.05) is 32.0 Å². The molecule has 1 aliphatic rings. The molecule has 6 nitrogen and oxygen atoms in total. The van der Waals surface area contributed by atoms with Crippen LogP contribution in [0.3, 0.4) is 0 Å². The normalized spacial score (nSPS) is 16.5. The summed E-state index contributed by atoms with van der Waals surface area (Å²) in [6.07, 6.45) is 3.58. The molecule has 1 aromatic carbocycles. The summed E-state index contributed by atoms with van der Waals surface area (Å²) >= 11 is 0. The quantitative estimate of drug-likeness (QED) is 0.681. The highest BCUT2D eigenvalue weighted by Crippen LogP contribution is 2.28. The highest BCUT2D eigenvalue weighted by atomic mass is 16.5. The lowest BCUT2D eigenvalue weighted by atomic mass is 10.0. The number of hydrogen-bond donors (Lipinski definition) is 1. The number of nitriles is 1. The molecule has 0 bridgehead atoms. The van der Waals surface area contributed by atoms with Gasteiger partial charge in [0, 0.05) is 17.1 Å². The molecule has 0 fully saturated rings. The van der Waals surface area contributed by atoms with E-state index in [0.29, 0.717) is 5.89 Å². The molecule has 1 aliphatic heterocycles. The number of nitrogens with one attached hydrogen (secondary N) is 1. The van der Waals surface area contributed by atoms with Crippen LogP contribution in [0.2, 0.25) is 0 Å². The third kappa shape index (κ3) is 3.15. The van der Waals surface area contributed by atoms with Crippen LogP contribution in [-0.2, 0) is 0 Å². The van der Waals surface area contributed by atoms with Crippen LogP contribution in [0, 0.1) is 11.3 Å². The first kappa shape index (κ1) is 15.8. The Kier molecular flexibility index (Phi) is 4.34. The van der Waals surface area contributed by atoms with Crippen molar-refractivity contribution in [2.45, 2.75) is 32.8 Å². The Morgan fingerprint density at radius 3 is 2.92 bits per heavy atom. The summed E-state index contributed by atoms with van der Waals surface area (Å²) in [5.74, 6) is 1.72. The van der Waals surface area contributed by atoms with Crippen molar-refractivity contribution in [2.24, 2.45) is 5.10 Å². The van der Waals surface area contributed by atoms with Crippen LogP contribution < -0.4 is 10.2 Å². The van der Waals surface area contributed by atoms with Gasteiger partial charge in [-0.3, -0.25) is 0 Å². The lowest BCUT2D eigenvalue weighted by Gasteiger charge is -2.22. The molecule has 1 unspecified atom stereocenters. The molecule has 0 amide bonds. The van der Waals surface area contributed by atoms with E-state index in [-0.39, 0.29) is 23.6 Å². The first-order valence-corrected chi connectivity index (χ1v) is 7.75. The molecular formula is C18H18N4O2. The van der Waals surface area contributed by atoms with Gasteiger partial charge in [-0.2, -0.15) is 10.4 Å². The van der Waals surface area contributed by atoms with Crippen molar-refractivity contribution in [1.29, 1.82) is 5.26 Å². The van der Waals surface area contributed by atoms with Crippen LogP contribution in [-0.4, -0.2) is 17.3 Å². The molecule has 0 spiro atoms. The number of para-hydroxylation sites is 1. The number of aromatic nitrogens is 1. The molecule has 6 heteroatoms. The number of hydrazone groups is 1. The van der Waals surface area contributed by atoms with Crippen LogP contribution in [0.4, 0.5) is 5.88 Å². The molecule has 3 rings (SSSR count). The van der Waals surface area contributed by atoms with E-state index < -0.39 is 0 Å². The smallest absolute Gasteiger partial charge is 0.252 e. The molecule has 1 N–H and O–H groups in total. The highest BCUT2D eigenvalue weighted by Gasteiger charge is 2.18. The van der Waals surface area contributed by atoms with Crippen molar-refractivity contribution >= 4 is 18.2 Å². The standard InChI is InChI=1S/C18H18N4O2/c1-11(2)17-21-15(9-19)18(24-17)22-20-10-14-8-13-6-4-5-7-16(13)23-12(14)3/h4-8,10-12,22H,1-3H3. The number of rotatable bonds is 4. The van der Waals surface area contributed by atoms with Gasteiger partial charge in [0.1, 0.15) is 17.9 Å². The van der Waals surface area contributed by atoms with Gasteiger partial charge in [-0.15, -0.1) is 0 Å². The Balaban J connectivity index is 1.78. The predicted octanol–water partition coefficient (Wildman–Crippen LogP) is 3.93. The zero-order chi connectivity index (χ0) is 17.1. The Hall–Kier alpha value is -3.07. The van der Waals surface area contributed by atoms with E-state index in [1.54, 1.807) is 6.21 Å². The van der Waals surface area contributed by atoms with Crippen molar-refractivity contribution < 1.29 is 9.15 Å². The van der Waals surface area contributed by atoms with E-state index in [9.17, 15) is 0 Å². The highest BCUT2D eigenvalue weighted by molar-refractivity contribution is 5.89. The third-order valence-electron chi connectivity index (χ3n) is 3.64. The summed E-state index contributed by atoms with van der Waals surface area (Å²) in [6, 6.07) is 9.83. The van der Waals surface area contributed by atoms with E-state index in [1.165, 1.54) is 0 Å². The van der Waals surface area contributed by atoms with E-state index in [4.69, 9.17) is 14.4 Å². The fraction of sp³-hybridized carbons (Fsp3) is 0.278. The van der Waals surface area contributed by atoms with Crippen molar-refractivity contribution in [3.05, 3.63) is 47.0 Å². The number of oxazole rings is 1. The Labute approximate surface area is 140 Å². The molecule has 24 heavy (non-hydrogen) atoms. The Morgan fingerprint density at radius 2 is 2.17 bits per heavy atom. The van der Waals surface area contributed by atoms with Gasteiger partial charge in [0.15, 0.2) is 0 Å². The molecule has 2 aromatic rings. The van der Waals surface area contributed by atoms with Gasteiger partial charge < -0.3 is 9.15 Å². The number of hydrogen-bond acceptors (Lipinski definition) is 6. The third-order valence-corrected chi connectivity index (χ3v) is 3.64. The zero-order valence-electron chi connectivity index (χ0n) is 13.8. The first-order valence-electron chi connectivity index (χ1n) is 7.75. The maximum atomic E-state index is 9.12. The van der Waals surface area contributed by atoms with Gasteiger partial charge >= 0.3 is 0 Å². The minimum absolute atomic E-state index is 0.0996. The fourth-order valence-electron chi connectivity index (χ4n) is 2.31. The minimum Gasteiger partial charge on any atom is -0.485 e. The largest absolute Gasteiger partial charge is 0.485 e. The average molecular weight is 322 g/mol. The SMILES string of the molecule is CC1Oc2ccccc2C=C1C=NNc1oc(C(C)C)nc1C#N. The molecule has 2 heterocycles. The monoisotopic (exact) mass is 322 g/mol. The van der Waals surface area contributed by atoms with Crippen LogP contribution in [0.15, 0.2) is 39.4 Å². The Bertz CT molecular complexity index is 843. The van der Waals surface area contributed by atoms with E-state index in [2.05, 4.69) is 15.5 Å². The first-order chi connectivity index (χ1) is 11.6. The second kappa shape index (κ2) is 6.59. The Morgan fingerprint density at radius 1 is 1.38 bits per heavy atom. The van der Waals surface area contributed by atoms with Crippen LogP contribution in [0.1, 0.15) is 43.8 Å². The predicted molar refractivity (Wildman–Crippen MR) is 91.9 cm³/mol. The van der Waals surface area contributed by atoms with Crippen molar-refractivity contribution in [3.63, 3.8) is 0 Å². The molecule has 0 radical (unpaired) electrons. The average Bonchev–Trinajstić information content (AvgIpc) is 2.99. The maximum absolute atomic E-state index is 9.12. The van der Waals surface area contributed by atoms with Crippen LogP contribution in [0.25, 0.3) is 6.08 Å². The molecule has 1 atom stereocenters. The molecule has 0 aliphatic carbocycles. The molecule has 0 saturated carbocycles. The fourth-order valence-corrected chi connectivity index (χ4v) is 2.31. The van der Waals surface area contributed by atoms with E-state index in [1.807, 2.05) is 57.2 Å². The summed E-state index contributed by atoms with van der Waals surface area (Å²) in [5, 5.41) is 13.3. The van der Waals surface area contributed by atoms with Gasteiger partial charge in [0.25, 0.3) is 5.88 Å². The summed E-state index contributed by atoms with van der Waals surface area (Å²) < 4.78 is 11.4. The lowest BCUT2D eigenvalue weighted by Crippen LogP contribution is -2.19. The summed E-state index contributed by atoms with van der Waals surface area (Å²) in [4.78, 5) is 4.13. The second-order valence-electron chi connectivity index (χ2n) is 5.81. The summed E-state index contributed by atoms with van der Waals surface area (Å²) in [6.45, 7) is 5.85. The number of benzene rings is 1. The molecule has 1 aromatic heterocycles. The number of anilines is 1. The number of fused-ring (bicyclic) bond motifs is 1. The van der Waals surface area contributed by atoms with Gasteiger partial charge in [-0.05, 0) is 19.1 Å². The zero-order valence-corrected chi connectivity index (χ0v) is 13.8. The molecular weight excluding hydrogens is 304 g/mol. The van der Waals surface area contributed by atoms with Crippen LogP contribution >= 0.6 is 0 Å². The van der Waals surface area contributed by atoms with Gasteiger partial charge in [-0.25, -0.2) is 10.4 Å². The van der Waals surface area contributed by atoms with E-state index >= 15 is 0 Å².